The largest absolute Gasteiger partial charge is 0.507 e. The smallest absolute Gasteiger partial charge is 0.416 e. The molecular formula is C24H32F3N5O3. The minimum Gasteiger partial charge on any atom is -0.507 e. The highest BCUT2D eigenvalue weighted by molar-refractivity contribution is 5.72. The first-order chi connectivity index (χ1) is 16.6. The van der Waals surface area contributed by atoms with E-state index in [2.05, 4.69) is 20.4 Å². The molecule has 192 valence electrons. The van der Waals surface area contributed by atoms with Crippen molar-refractivity contribution in [2.75, 3.05) is 31.6 Å². The fourth-order valence-corrected chi connectivity index (χ4v) is 4.19. The average Bonchev–Trinajstić information content (AvgIpc) is 2.82. The van der Waals surface area contributed by atoms with Gasteiger partial charge in [-0.05, 0) is 56.5 Å². The number of phenols is 1. The summed E-state index contributed by atoms with van der Waals surface area (Å²) in [7, 11) is 0. The number of nitrogens with two attached hydrogens (primary N) is 1. The van der Waals surface area contributed by atoms with Gasteiger partial charge in [-0.15, -0.1) is 10.2 Å². The van der Waals surface area contributed by atoms with Gasteiger partial charge >= 0.3 is 12.1 Å². The van der Waals surface area contributed by atoms with Crippen LogP contribution >= 0.6 is 0 Å². The normalized spacial score (nSPS) is 16.8. The van der Waals surface area contributed by atoms with Crippen LogP contribution in [-0.4, -0.2) is 58.5 Å². The summed E-state index contributed by atoms with van der Waals surface area (Å²) >= 11 is 0. The summed E-state index contributed by atoms with van der Waals surface area (Å²) in [6.45, 7) is 6.49. The highest BCUT2D eigenvalue weighted by Crippen LogP contribution is 2.37. The maximum Gasteiger partial charge on any atom is 0.416 e. The number of anilines is 1. The van der Waals surface area contributed by atoms with E-state index in [1.807, 2.05) is 6.92 Å². The Kier molecular flexibility index (Phi) is 8.90. The second kappa shape index (κ2) is 11.7. The van der Waals surface area contributed by atoms with Gasteiger partial charge < -0.3 is 25.8 Å². The number of nitrogens with one attached hydrogen (secondary N) is 1. The van der Waals surface area contributed by atoms with Crippen LogP contribution in [0.15, 0.2) is 18.2 Å². The quantitative estimate of drug-likeness (QED) is 0.450. The van der Waals surface area contributed by atoms with E-state index < -0.39 is 17.5 Å². The molecule has 1 fully saturated rings. The topological polar surface area (TPSA) is 114 Å². The summed E-state index contributed by atoms with van der Waals surface area (Å²) < 4.78 is 44.0. The maximum atomic E-state index is 13.0. The molecule has 1 saturated heterocycles. The molecule has 3 rings (SSSR count). The zero-order valence-corrected chi connectivity index (χ0v) is 20.0. The molecule has 11 heteroatoms. The molecule has 2 aromatic rings. The van der Waals surface area contributed by atoms with Crippen molar-refractivity contribution in [2.24, 2.45) is 5.73 Å². The standard InChI is InChI=1S/C24H32F3N5O3/c1-3-11-35-21(34)8-10-32-9-4-5-17(14-32)29-23-19(13-28)15(2)22(30-31-23)18-7-6-16(12-20(18)33)24(25,26)27/h6-7,12,17,33H,3-5,8-11,13-14,28H2,1-2H3,(H,29,31)/t17-/m1/s1. The van der Waals surface area contributed by atoms with Crippen molar-refractivity contribution in [2.45, 2.75) is 58.3 Å². The van der Waals surface area contributed by atoms with Gasteiger partial charge in [0.2, 0.25) is 0 Å². The number of rotatable bonds is 9. The number of halogens is 3. The zero-order valence-electron chi connectivity index (χ0n) is 20.0. The molecule has 0 saturated carbocycles. The number of piperidine rings is 1. The zero-order chi connectivity index (χ0) is 25.6. The van der Waals surface area contributed by atoms with Crippen LogP contribution in [0.4, 0.5) is 19.0 Å². The first-order valence-electron chi connectivity index (χ1n) is 11.7. The molecular weight excluding hydrogens is 463 g/mol. The van der Waals surface area contributed by atoms with Gasteiger partial charge in [0.05, 0.1) is 18.6 Å². The van der Waals surface area contributed by atoms with Crippen LogP contribution in [0.5, 0.6) is 5.75 Å². The summed E-state index contributed by atoms with van der Waals surface area (Å²) in [5.74, 6) is -0.216. The molecule has 1 aliphatic rings. The predicted molar refractivity (Wildman–Crippen MR) is 126 cm³/mol. The number of alkyl halides is 3. The molecule has 4 N–H and O–H groups in total. The van der Waals surface area contributed by atoms with E-state index in [9.17, 15) is 23.1 Å². The number of carbonyl (C=O) groups is 1. The van der Waals surface area contributed by atoms with Gasteiger partial charge in [-0.3, -0.25) is 4.79 Å². The van der Waals surface area contributed by atoms with E-state index in [1.165, 1.54) is 6.07 Å². The number of likely N-dealkylation sites (tertiary alicyclic amines) is 1. The number of hydrogen-bond donors (Lipinski definition) is 3. The number of benzene rings is 1. The number of phenolic OH excluding ortho intramolecular Hbond substituents is 1. The SMILES string of the molecule is CCCOC(=O)CCN1CCC[C@@H](Nc2nnc(-c3ccc(C(F)(F)F)cc3O)c(C)c2CN)C1. The first kappa shape index (κ1) is 26.7. The highest BCUT2D eigenvalue weighted by Gasteiger charge is 2.31. The lowest BCUT2D eigenvalue weighted by atomic mass is 10.00. The number of nitrogens with zero attached hydrogens (tertiary/aromatic N) is 3. The molecule has 1 aromatic heterocycles. The number of aromatic hydroxyl groups is 1. The van der Waals surface area contributed by atoms with Crippen molar-refractivity contribution in [1.29, 1.82) is 0 Å². The summed E-state index contributed by atoms with van der Waals surface area (Å²) in [5, 5.41) is 22.1. The van der Waals surface area contributed by atoms with Crippen molar-refractivity contribution in [3.8, 4) is 17.0 Å². The van der Waals surface area contributed by atoms with Crippen LogP contribution in [0.3, 0.4) is 0 Å². The lowest BCUT2D eigenvalue weighted by molar-refractivity contribution is -0.144. The Balaban J connectivity index is 1.72. The Morgan fingerprint density at radius 1 is 1.34 bits per heavy atom. The molecule has 0 bridgehead atoms. The molecule has 1 aromatic carbocycles. The molecule has 0 unspecified atom stereocenters. The van der Waals surface area contributed by atoms with Crippen molar-refractivity contribution >= 4 is 11.8 Å². The Hall–Kier alpha value is -2.92. The number of hydrogen-bond acceptors (Lipinski definition) is 8. The summed E-state index contributed by atoms with van der Waals surface area (Å²) in [4.78, 5) is 14.0. The Morgan fingerprint density at radius 2 is 2.11 bits per heavy atom. The van der Waals surface area contributed by atoms with Crippen molar-refractivity contribution in [3.63, 3.8) is 0 Å². The maximum absolute atomic E-state index is 13.0. The van der Waals surface area contributed by atoms with Crippen molar-refractivity contribution in [1.82, 2.24) is 15.1 Å². The third kappa shape index (κ3) is 6.82. The number of esters is 1. The van der Waals surface area contributed by atoms with Crippen LogP contribution in [0.1, 0.15) is 49.3 Å². The number of ether oxygens (including phenoxy) is 1. The van der Waals surface area contributed by atoms with Gasteiger partial charge in [0, 0.05) is 36.8 Å². The lowest BCUT2D eigenvalue weighted by Gasteiger charge is -2.33. The minimum absolute atomic E-state index is 0.0692. The van der Waals surface area contributed by atoms with Crippen LogP contribution in [0.25, 0.3) is 11.3 Å². The molecule has 2 heterocycles. The molecule has 35 heavy (non-hydrogen) atoms. The molecule has 8 nitrogen and oxygen atoms in total. The summed E-state index contributed by atoms with van der Waals surface area (Å²) in [6, 6.07) is 2.84. The van der Waals surface area contributed by atoms with E-state index in [1.54, 1.807) is 6.92 Å². The van der Waals surface area contributed by atoms with E-state index >= 15 is 0 Å². The molecule has 0 spiro atoms. The minimum atomic E-state index is -4.56. The molecule has 0 radical (unpaired) electrons. The van der Waals surface area contributed by atoms with E-state index in [-0.39, 0.29) is 29.8 Å². The predicted octanol–water partition coefficient (Wildman–Crippen LogP) is 3.85. The van der Waals surface area contributed by atoms with Crippen LogP contribution < -0.4 is 11.1 Å². The van der Waals surface area contributed by atoms with Crippen molar-refractivity contribution in [3.05, 3.63) is 34.9 Å². The third-order valence-electron chi connectivity index (χ3n) is 6.07. The monoisotopic (exact) mass is 495 g/mol. The third-order valence-corrected chi connectivity index (χ3v) is 6.07. The van der Waals surface area contributed by atoms with Gasteiger partial charge in [-0.25, -0.2) is 0 Å². The Bertz CT molecular complexity index is 1030. The van der Waals surface area contributed by atoms with Gasteiger partial charge in [-0.2, -0.15) is 13.2 Å². The lowest BCUT2D eigenvalue weighted by Crippen LogP contribution is -2.43. The van der Waals surface area contributed by atoms with E-state index in [0.717, 1.165) is 31.9 Å². The number of aromatic nitrogens is 2. The fraction of sp³-hybridized carbons (Fsp3) is 0.542. The van der Waals surface area contributed by atoms with Gasteiger partial charge in [0.1, 0.15) is 11.4 Å². The molecule has 1 atom stereocenters. The molecule has 0 aliphatic carbocycles. The molecule has 0 amide bonds. The van der Waals surface area contributed by atoms with Crippen LogP contribution in [-0.2, 0) is 22.3 Å². The van der Waals surface area contributed by atoms with Crippen LogP contribution in [0.2, 0.25) is 0 Å². The fourth-order valence-electron chi connectivity index (χ4n) is 4.19. The van der Waals surface area contributed by atoms with Gasteiger partial charge in [-0.1, -0.05) is 6.92 Å². The van der Waals surface area contributed by atoms with E-state index in [0.29, 0.717) is 49.1 Å². The summed E-state index contributed by atoms with van der Waals surface area (Å²) in [6.07, 6.45) is -1.57. The average molecular weight is 496 g/mol. The van der Waals surface area contributed by atoms with E-state index in [4.69, 9.17) is 10.5 Å². The van der Waals surface area contributed by atoms with Crippen molar-refractivity contribution < 1.29 is 27.8 Å². The molecule has 1 aliphatic heterocycles. The second-order valence-electron chi connectivity index (χ2n) is 8.69. The second-order valence-corrected chi connectivity index (χ2v) is 8.69. The summed E-state index contributed by atoms with van der Waals surface area (Å²) in [5.41, 5.74) is 6.79. The van der Waals surface area contributed by atoms with Gasteiger partial charge in [0.15, 0.2) is 5.82 Å². The Labute approximate surface area is 202 Å². The Morgan fingerprint density at radius 3 is 2.77 bits per heavy atom. The number of carbonyl (C=O) groups excluding carboxylic acids is 1. The van der Waals surface area contributed by atoms with Crippen LogP contribution in [0, 0.1) is 6.92 Å². The van der Waals surface area contributed by atoms with Gasteiger partial charge in [0.25, 0.3) is 0 Å². The first-order valence-corrected chi connectivity index (χ1v) is 11.7. The highest BCUT2D eigenvalue weighted by atomic mass is 19.4.